The van der Waals surface area contributed by atoms with E-state index < -0.39 is 15.6 Å². The van der Waals surface area contributed by atoms with Gasteiger partial charge in [-0.05, 0) is 50.3 Å². The Morgan fingerprint density at radius 2 is 1.97 bits per heavy atom. The third kappa shape index (κ3) is 3.72. The van der Waals surface area contributed by atoms with Crippen molar-refractivity contribution in [3.63, 3.8) is 0 Å². The molecule has 1 amide bonds. The number of carbonyl (C=O) groups excluding carboxylic acids is 1. The van der Waals surface area contributed by atoms with E-state index in [1.54, 1.807) is 16.4 Å². The predicted molar refractivity (Wildman–Crippen MR) is 112 cm³/mol. The number of nitrogens with zero attached hydrogens (tertiary/aromatic N) is 2. The van der Waals surface area contributed by atoms with Gasteiger partial charge in [0.1, 0.15) is 4.90 Å². The molecule has 1 atom stereocenters. The van der Waals surface area contributed by atoms with Crippen molar-refractivity contribution < 1.29 is 13.2 Å². The van der Waals surface area contributed by atoms with Crippen LogP contribution in [0.4, 0.5) is 0 Å². The summed E-state index contributed by atoms with van der Waals surface area (Å²) >= 11 is 0. The maximum absolute atomic E-state index is 13.4. The van der Waals surface area contributed by atoms with E-state index in [1.807, 2.05) is 30.3 Å². The van der Waals surface area contributed by atoms with Crippen LogP contribution in [0.25, 0.3) is 11.3 Å². The van der Waals surface area contributed by atoms with Crippen molar-refractivity contribution in [3.05, 3.63) is 61.3 Å². The molecule has 1 N–H and O–H groups in total. The molecule has 0 radical (unpaired) electrons. The van der Waals surface area contributed by atoms with Crippen LogP contribution in [-0.4, -0.2) is 41.7 Å². The van der Waals surface area contributed by atoms with Crippen molar-refractivity contribution in [2.75, 3.05) is 6.54 Å². The summed E-state index contributed by atoms with van der Waals surface area (Å²) in [4.78, 5) is 16.3. The number of hydrogen-bond donors (Lipinski definition) is 1. The molecule has 2 heterocycles. The van der Waals surface area contributed by atoms with Crippen molar-refractivity contribution >= 4 is 15.9 Å². The SMILES string of the molecule is C=CC(=O)NC1CCN(S(=O)(=O)c2ccc(-c3ccccc3)nc2)C2(CCC2)C1. The van der Waals surface area contributed by atoms with Crippen LogP contribution in [0.2, 0.25) is 0 Å². The van der Waals surface area contributed by atoms with Crippen molar-refractivity contribution in [1.29, 1.82) is 0 Å². The largest absolute Gasteiger partial charge is 0.350 e. The van der Waals surface area contributed by atoms with Crippen LogP contribution in [0, 0.1) is 0 Å². The van der Waals surface area contributed by atoms with Crippen molar-refractivity contribution in [2.45, 2.75) is 48.6 Å². The van der Waals surface area contributed by atoms with Crippen molar-refractivity contribution in [2.24, 2.45) is 0 Å². The number of piperidine rings is 1. The van der Waals surface area contributed by atoms with Crippen LogP contribution in [0.3, 0.4) is 0 Å². The maximum Gasteiger partial charge on any atom is 0.245 e. The van der Waals surface area contributed by atoms with Crippen molar-refractivity contribution in [1.82, 2.24) is 14.6 Å². The Kier molecular flexibility index (Phi) is 5.27. The second kappa shape index (κ2) is 7.72. The zero-order valence-corrected chi connectivity index (χ0v) is 17.1. The van der Waals surface area contributed by atoms with Gasteiger partial charge in [-0.2, -0.15) is 4.31 Å². The van der Waals surface area contributed by atoms with Gasteiger partial charge in [0, 0.05) is 29.9 Å². The minimum atomic E-state index is -3.65. The summed E-state index contributed by atoms with van der Waals surface area (Å²) in [5.41, 5.74) is 1.29. The van der Waals surface area contributed by atoms with Gasteiger partial charge in [0.05, 0.1) is 5.69 Å². The van der Waals surface area contributed by atoms with E-state index in [-0.39, 0.29) is 16.8 Å². The van der Waals surface area contributed by atoms with Crippen LogP contribution < -0.4 is 5.32 Å². The molecule has 0 bridgehead atoms. The Balaban J connectivity index is 1.57. The summed E-state index contributed by atoms with van der Waals surface area (Å²) in [5.74, 6) is -0.207. The van der Waals surface area contributed by atoms with Gasteiger partial charge in [0.15, 0.2) is 0 Å². The molecule has 6 nitrogen and oxygen atoms in total. The first-order chi connectivity index (χ1) is 13.9. The summed E-state index contributed by atoms with van der Waals surface area (Å²) < 4.78 is 28.5. The van der Waals surface area contributed by atoms with Crippen LogP contribution in [-0.2, 0) is 14.8 Å². The Hall–Kier alpha value is -2.51. The van der Waals surface area contributed by atoms with E-state index in [1.165, 1.54) is 12.3 Å². The molecule has 1 aromatic carbocycles. The number of rotatable bonds is 5. The highest BCUT2D eigenvalue weighted by molar-refractivity contribution is 7.89. The topological polar surface area (TPSA) is 79.4 Å². The van der Waals surface area contributed by atoms with E-state index in [0.29, 0.717) is 19.4 Å². The molecule has 1 spiro atoms. The lowest BCUT2D eigenvalue weighted by molar-refractivity contribution is -0.117. The van der Waals surface area contributed by atoms with Gasteiger partial charge >= 0.3 is 0 Å². The molecule has 152 valence electrons. The Morgan fingerprint density at radius 1 is 1.21 bits per heavy atom. The van der Waals surface area contributed by atoms with Gasteiger partial charge in [-0.3, -0.25) is 9.78 Å². The smallest absolute Gasteiger partial charge is 0.245 e. The van der Waals surface area contributed by atoms with Gasteiger partial charge in [0.2, 0.25) is 15.9 Å². The fourth-order valence-electron chi connectivity index (χ4n) is 4.41. The third-order valence-electron chi connectivity index (χ3n) is 6.05. The quantitative estimate of drug-likeness (QED) is 0.767. The molecular formula is C22H25N3O3S. The maximum atomic E-state index is 13.4. The van der Waals surface area contributed by atoms with E-state index in [0.717, 1.165) is 30.5 Å². The molecule has 7 heteroatoms. The van der Waals surface area contributed by atoms with Crippen LogP contribution in [0.1, 0.15) is 32.1 Å². The molecule has 1 aliphatic heterocycles. The van der Waals surface area contributed by atoms with E-state index in [2.05, 4.69) is 16.9 Å². The Morgan fingerprint density at radius 3 is 2.55 bits per heavy atom. The second-order valence-corrected chi connectivity index (χ2v) is 9.66. The summed E-state index contributed by atoms with van der Waals surface area (Å²) in [7, 11) is -3.65. The fourth-order valence-corrected chi connectivity index (χ4v) is 6.20. The molecule has 2 aromatic rings. The lowest BCUT2D eigenvalue weighted by atomic mass is 9.70. The standard InChI is InChI=1S/C22H25N3O3S/c1-2-21(26)24-18-11-14-25(22(15-18)12-6-13-22)29(27,28)19-9-10-20(23-16-19)17-7-4-3-5-8-17/h2-5,7-10,16,18H,1,6,11-15H2,(H,24,26). The Bertz CT molecular complexity index is 999. The summed E-state index contributed by atoms with van der Waals surface area (Å²) in [6, 6.07) is 13.1. The number of nitrogens with one attached hydrogen (secondary N) is 1. The van der Waals surface area contributed by atoms with Gasteiger partial charge < -0.3 is 5.32 Å². The molecular weight excluding hydrogens is 386 g/mol. The number of aromatic nitrogens is 1. The van der Waals surface area contributed by atoms with Crippen LogP contribution in [0.15, 0.2) is 66.2 Å². The highest BCUT2D eigenvalue weighted by Gasteiger charge is 2.51. The highest BCUT2D eigenvalue weighted by atomic mass is 32.2. The zero-order chi connectivity index (χ0) is 20.5. The lowest BCUT2D eigenvalue weighted by Gasteiger charge is -2.54. The molecule has 1 saturated carbocycles. The van der Waals surface area contributed by atoms with Gasteiger partial charge in [-0.15, -0.1) is 0 Å². The summed E-state index contributed by atoms with van der Waals surface area (Å²) in [6.45, 7) is 3.89. The van der Waals surface area contributed by atoms with E-state index in [9.17, 15) is 13.2 Å². The second-order valence-electron chi connectivity index (χ2n) is 7.80. The number of carbonyl (C=O) groups is 1. The fraction of sp³-hybridized carbons (Fsp3) is 0.364. The zero-order valence-electron chi connectivity index (χ0n) is 16.3. The number of benzene rings is 1. The number of amides is 1. The van der Waals surface area contributed by atoms with Crippen molar-refractivity contribution in [3.8, 4) is 11.3 Å². The number of pyridine rings is 1. The monoisotopic (exact) mass is 411 g/mol. The lowest BCUT2D eigenvalue weighted by Crippen LogP contribution is -2.63. The molecule has 2 fully saturated rings. The average molecular weight is 412 g/mol. The minimum Gasteiger partial charge on any atom is -0.350 e. The molecule has 1 aromatic heterocycles. The number of hydrogen-bond acceptors (Lipinski definition) is 4. The Labute approximate surface area is 171 Å². The average Bonchev–Trinajstić information content (AvgIpc) is 2.73. The third-order valence-corrected chi connectivity index (χ3v) is 8.03. The summed E-state index contributed by atoms with van der Waals surface area (Å²) in [5, 5.41) is 2.94. The van der Waals surface area contributed by atoms with E-state index >= 15 is 0 Å². The first-order valence-electron chi connectivity index (χ1n) is 9.92. The first-order valence-corrected chi connectivity index (χ1v) is 11.4. The normalized spacial score (nSPS) is 21.3. The minimum absolute atomic E-state index is 0.0224. The van der Waals surface area contributed by atoms with Gasteiger partial charge in [-0.25, -0.2) is 8.42 Å². The predicted octanol–water partition coefficient (Wildman–Crippen LogP) is 3.13. The molecule has 4 rings (SSSR count). The molecule has 1 unspecified atom stereocenters. The highest BCUT2D eigenvalue weighted by Crippen LogP contribution is 2.46. The molecule has 2 aliphatic rings. The van der Waals surface area contributed by atoms with Crippen LogP contribution in [0.5, 0.6) is 0 Å². The van der Waals surface area contributed by atoms with Crippen LogP contribution >= 0.6 is 0 Å². The summed E-state index contributed by atoms with van der Waals surface area (Å²) in [6.07, 6.45) is 6.59. The molecule has 1 aliphatic carbocycles. The number of sulfonamides is 1. The van der Waals surface area contributed by atoms with Gasteiger partial charge in [0.25, 0.3) is 0 Å². The van der Waals surface area contributed by atoms with Gasteiger partial charge in [-0.1, -0.05) is 36.9 Å². The first kappa shape index (κ1) is 19.8. The molecule has 29 heavy (non-hydrogen) atoms. The van der Waals surface area contributed by atoms with E-state index in [4.69, 9.17) is 0 Å². The molecule has 1 saturated heterocycles.